The van der Waals surface area contributed by atoms with Crippen LogP contribution in [0.5, 0.6) is 0 Å². The van der Waals surface area contributed by atoms with Crippen LogP contribution in [0.3, 0.4) is 0 Å². The van der Waals surface area contributed by atoms with Crippen molar-refractivity contribution in [3.05, 3.63) is 10.1 Å². The van der Waals surface area contributed by atoms with Crippen molar-refractivity contribution in [2.45, 2.75) is 0 Å². The Bertz CT molecular complexity index is 30.5. The standard InChI is InChI=1S/Ga.HNO3.H2O.3H/c;2-1(3)4;;;;/h;(H,2,3,4);1H2;;;/p-1. The maximum atomic E-state index is 8.36. The molecule has 0 rings (SSSR count). The summed E-state index contributed by atoms with van der Waals surface area (Å²) in [6, 6.07) is 0. The van der Waals surface area contributed by atoms with Gasteiger partial charge in [0, 0.05) is 0 Å². The van der Waals surface area contributed by atoms with Gasteiger partial charge in [0.05, 0.1) is 0 Å². The summed E-state index contributed by atoms with van der Waals surface area (Å²) in [5.74, 6) is 0. The zero-order chi connectivity index (χ0) is 3.58. The van der Waals surface area contributed by atoms with Crippen LogP contribution in [-0.2, 0) is 0 Å². The van der Waals surface area contributed by atoms with Gasteiger partial charge in [-0.25, -0.2) is 0 Å². The zero-order valence-corrected chi connectivity index (χ0v) is 2.16. The molecular formula is H5GaNO4-. The van der Waals surface area contributed by atoms with Crippen LogP contribution >= 0.6 is 0 Å². The van der Waals surface area contributed by atoms with Crippen LogP contribution in [0.25, 0.3) is 0 Å². The minimum Gasteiger partial charge on any atom is -0.870 e. The Hall–Kier alpha value is -0.204. The Balaban J connectivity index is -0.0000000450. The van der Waals surface area contributed by atoms with Gasteiger partial charge in [-0.05, 0) is 0 Å². The molecule has 0 unspecified atom stereocenters. The Morgan fingerprint density at radius 2 is 1.67 bits per heavy atom. The second kappa shape index (κ2) is 8.84. The van der Waals surface area contributed by atoms with Gasteiger partial charge in [0.1, 0.15) is 0 Å². The molecule has 0 aromatic heterocycles. The molecule has 38 valence electrons. The summed E-state index contributed by atoms with van der Waals surface area (Å²) in [6.45, 7) is 0. The first kappa shape index (κ1) is 17.1. The van der Waals surface area contributed by atoms with Crippen molar-refractivity contribution in [3.63, 3.8) is 0 Å². The molecule has 0 amide bonds. The second-order valence-electron chi connectivity index (χ2n) is 0.238. The van der Waals surface area contributed by atoms with E-state index in [1.165, 1.54) is 0 Å². The van der Waals surface area contributed by atoms with Crippen LogP contribution in [0.1, 0.15) is 0 Å². The van der Waals surface area contributed by atoms with Gasteiger partial charge in [-0.15, -0.1) is 10.1 Å². The molecule has 0 aromatic rings. The Kier molecular flexibility index (Phi) is 25.1. The molecule has 0 aromatic carbocycles. The van der Waals surface area contributed by atoms with Crippen molar-refractivity contribution in [3.8, 4) is 0 Å². The van der Waals surface area contributed by atoms with Gasteiger partial charge in [0.25, 0.3) is 5.09 Å². The SMILES string of the molecule is O=[N+]([O-])O.[GaH3].[OH-]. The van der Waals surface area contributed by atoms with Crippen molar-refractivity contribution in [2.75, 3.05) is 0 Å². The van der Waals surface area contributed by atoms with Crippen molar-refractivity contribution in [1.29, 1.82) is 0 Å². The van der Waals surface area contributed by atoms with E-state index in [-0.39, 0.29) is 25.3 Å². The number of hydrogen-bond donors (Lipinski definition) is 1. The number of nitrogens with zero attached hydrogens (tertiary/aromatic N) is 1. The fourth-order valence-electron chi connectivity index (χ4n) is 0. The van der Waals surface area contributed by atoms with Gasteiger partial charge in [0.15, 0.2) is 0 Å². The quantitative estimate of drug-likeness (QED) is 0.254. The van der Waals surface area contributed by atoms with Crippen molar-refractivity contribution < 1.29 is 15.8 Å². The van der Waals surface area contributed by atoms with E-state index >= 15 is 0 Å². The third-order valence-electron chi connectivity index (χ3n) is 0. The van der Waals surface area contributed by atoms with Crippen molar-refractivity contribution >= 4 is 19.8 Å². The molecule has 6 heavy (non-hydrogen) atoms. The molecule has 0 atom stereocenters. The zero-order valence-electron chi connectivity index (χ0n) is 2.16. The average Bonchev–Trinajstić information content (AvgIpc) is 0.811. The summed E-state index contributed by atoms with van der Waals surface area (Å²) in [5.41, 5.74) is 0. The van der Waals surface area contributed by atoms with Crippen LogP contribution in [0.15, 0.2) is 0 Å². The molecule has 0 aliphatic carbocycles. The largest absolute Gasteiger partial charge is 0.870 e. The number of rotatable bonds is 0. The maximum absolute atomic E-state index is 8.36. The summed E-state index contributed by atoms with van der Waals surface area (Å²) in [5, 5.41) is 13.6. The molecule has 0 saturated heterocycles. The van der Waals surface area contributed by atoms with Crippen LogP contribution in [0.4, 0.5) is 0 Å². The van der Waals surface area contributed by atoms with Gasteiger partial charge in [0.2, 0.25) is 0 Å². The summed E-state index contributed by atoms with van der Waals surface area (Å²) in [6.07, 6.45) is 0. The first-order valence-corrected chi connectivity index (χ1v) is 0.565. The summed E-state index contributed by atoms with van der Waals surface area (Å²) in [4.78, 5) is 8.36. The fraction of sp³-hybridized carbons (Fsp3) is 0. The summed E-state index contributed by atoms with van der Waals surface area (Å²) in [7, 11) is 0. The van der Waals surface area contributed by atoms with E-state index in [1.807, 2.05) is 0 Å². The number of hydrogen-bond acceptors (Lipinski definition) is 3. The van der Waals surface area contributed by atoms with Gasteiger partial charge in [-0.2, -0.15) is 0 Å². The van der Waals surface area contributed by atoms with Crippen LogP contribution in [0.2, 0.25) is 0 Å². The van der Waals surface area contributed by atoms with E-state index in [9.17, 15) is 0 Å². The van der Waals surface area contributed by atoms with Gasteiger partial charge in [-0.1, -0.05) is 0 Å². The molecule has 0 aliphatic heterocycles. The van der Waals surface area contributed by atoms with Crippen LogP contribution in [0, 0.1) is 10.1 Å². The molecule has 0 fully saturated rings. The van der Waals surface area contributed by atoms with E-state index in [1.54, 1.807) is 0 Å². The summed E-state index contributed by atoms with van der Waals surface area (Å²) < 4.78 is 0. The van der Waals surface area contributed by atoms with E-state index in [0.29, 0.717) is 0 Å². The smallest absolute Gasteiger partial charge is 0.870 e. The van der Waals surface area contributed by atoms with E-state index in [2.05, 4.69) is 0 Å². The Morgan fingerprint density at radius 3 is 1.67 bits per heavy atom. The van der Waals surface area contributed by atoms with Gasteiger partial charge in [-0.3, -0.25) is 0 Å². The third-order valence-corrected chi connectivity index (χ3v) is 0. The molecular weight excluding hydrogens is 148 g/mol. The predicted molar refractivity (Wildman–Crippen MR) is 20.7 cm³/mol. The molecule has 2 N–H and O–H groups in total. The van der Waals surface area contributed by atoms with E-state index in [0.717, 1.165) is 0 Å². The molecule has 6 heteroatoms. The fourth-order valence-corrected chi connectivity index (χ4v) is 0. The maximum Gasteiger partial charge on any atom is -0.870 e. The van der Waals surface area contributed by atoms with Gasteiger partial charge < -0.3 is 10.7 Å². The molecule has 0 aliphatic rings. The van der Waals surface area contributed by atoms with Gasteiger partial charge >= 0.3 is 19.8 Å². The minimum atomic E-state index is -1.50. The molecule has 0 heterocycles. The molecule has 0 bridgehead atoms. The van der Waals surface area contributed by atoms with E-state index < -0.39 is 5.09 Å². The monoisotopic (exact) mass is 152 g/mol. The molecule has 0 radical (unpaired) electrons. The minimum absolute atomic E-state index is 0. The molecule has 0 spiro atoms. The van der Waals surface area contributed by atoms with Crippen molar-refractivity contribution in [2.24, 2.45) is 0 Å². The predicted octanol–water partition coefficient (Wildman–Crippen LogP) is -1.71. The molecule has 0 saturated carbocycles. The Labute approximate surface area is 46.4 Å². The summed E-state index contributed by atoms with van der Waals surface area (Å²) >= 11 is 0. The van der Waals surface area contributed by atoms with Crippen molar-refractivity contribution in [1.82, 2.24) is 0 Å². The third kappa shape index (κ3) is 716. The normalized spacial score (nSPS) is 4.00. The first-order chi connectivity index (χ1) is 1.73. The van der Waals surface area contributed by atoms with E-state index in [4.69, 9.17) is 15.3 Å². The topological polar surface area (TPSA) is 93.4 Å². The average molecular weight is 153 g/mol. The van der Waals surface area contributed by atoms with Crippen LogP contribution in [-0.4, -0.2) is 35.6 Å². The second-order valence-corrected chi connectivity index (χ2v) is 0.238. The first-order valence-electron chi connectivity index (χ1n) is 0.565. The Morgan fingerprint density at radius 1 is 1.67 bits per heavy atom. The molecule has 5 nitrogen and oxygen atoms in total. The van der Waals surface area contributed by atoms with Crippen LogP contribution < -0.4 is 0 Å².